The number of Topliss-reactive ketones (excluding diaryl/α,β-unsaturated/α-hetero) is 1. The summed E-state index contributed by atoms with van der Waals surface area (Å²) in [6.45, 7) is -3.15. The highest BCUT2D eigenvalue weighted by atomic mass is 19.3. The van der Waals surface area contributed by atoms with E-state index in [9.17, 15) is 18.4 Å². The molecule has 0 aromatic heterocycles. The molecule has 0 aliphatic heterocycles. The molecule has 0 amide bonds. The molecule has 162 valence electrons. The van der Waals surface area contributed by atoms with Crippen LogP contribution in [-0.2, 0) is 14.3 Å². The molecule has 4 bridgehead atoms. The number of carbonyl (C=O) groups is 2. The van der Waals surface area contributed by atoms with E-state index >= 15 is 0 Å². The predicted octanol–water partition coefficient (Wildman–Crippen LogP) is 4.64. The molecule has 4 aliphatic carbocycles. The molecule has 0 unspecified atom stereocenters. The Labute approximate surface area is 174 Å². The van der Waals surface area contributed by atoms with Crippen LogP contribution >= 0.6 is 0 Å². The lowest BCUT2D eigenvalue weighted by molar-refractivity contribution is -0.155. The second-order valence-corrected chi connectivity index (χ2v) is 8.85. The second kappa shape index (κ2) is 8.36. The molecular weight excluding hydrogens is 394 g/mol. The molecular formula is C23H26F2O5. The lowest BCUT2D eigenvalue weighted by Crippen LogP contribution is -2.51. The summed E-state index contributed by atoms with van der Waals surface area (Å²) in [4.78, 5) is 25.0. The quantitative estimate of drug-likeness (QED) is 0.453. The Morgan fingerprint density at radius 2 is 1.73 bits per heavy atom. The van der Waals surface area contributed by atoms with Crippen LogP contribution in [0.5, 0.6) is 11.5 Å². The lowest BCUT2D eigenvalue weighted by atomic mass is 9.48. The highest BCUT2D eigenvalue weighted by Gasteiger charge is 2.54. The third kappa shape index (κ3) is 4.35. The van der Waals surface area contributed by atoms with Gasteiger partial charge in [0.15, 0.2) is 23.9 Å². The zero-order chi connectivity index (χ0) is 21.3. The van der Waals surface area contributed by atoms with Crippen LogP contribution in [0.4, 0.5) is 8.78 Å². The van der Waals surface area contributed by atoms with Crippen molar-refractivity contribution in [2.24, 2.45) is 23.2 Å². The summed E-state index contributed by atoms with van der Waals surface area (Å²) in [6.07, 6.45) is 9.27. The first-order valence-electron chi connectivity index (χ1n) is 10.4. The number of alkyl halides is 2. The molecule has 30 heavy (non-hydrogen) atoms. The third-order valence-corrected chi connectivity index (χ3v) is 6.79. The summed E-state index contributed by atoms with van der Waals surface area (Å²) in [5.74, 6) is 1.45. The second-order valence-electron chi connectivity index (χ2n) is 8.85. The number of benzene rings is 1. The zero-order valence-corrected chi connectivity index (χ0v) is 16.9. The van der Waals surface area contributed by atoms with Crippen molar-refractivity contribution in [3.05, 3.63) is 29.8 Å². The average molecular weight is 420 g/mol. The van der Waals surface area contributed by atoms with Crippen LogP contribution in [0.25, 0.3) is 6.08 Å². The van der Waals surface area contributed by atoms with Gasteiger partial charge in [-0.1, -0.05) is 6.07 Å². The molecule has 4 fully saturated rings. The van der Waals surface area contributed by atoms with E-state index < -0.39 is 12.6 Å². The highest BCUT2D eigenvalue weighted by molar-refractivity contribution is 5.91. The van der Waals surface area contributed by atoms with Crippen molar-refractivity contribution < 1.29 is 32.6 Å². The van der Waals surface area contributed by atoms with Crippen molar-refractivity contribution in [1.82, 2.24) is 0 Å². The van der Waals surface area contributed by atoms with Gasteiger partial charge in [-0.15, -0.1) is 0 Å². The monoisotopic (exact) mass is 420 g/mol. The van der Waals surface area contributed by atoms with E-state index in [2.05, 4.69) is 4.74 Å². The number of hydrogen-bond donors (Lipinski definition) is 0. The summed E-state index contributed by atoms with van der Waals surface area (Å²) in [5, 5.41) is 0. The van der Waals surface area contributed by atoms with Crippen LogP contribution in [0.15, 0.2) is 24.3 Å². The van der Waals surface area contributed by atoms with E-state index in [-0.39, 0.29) is 29.3 Å². The van der Waals surface area contributed by atoms with Gasteiger partial charge in [-0.2, -0.15) is 8.78 Å². The maximum atomic E-state index is 12.9. The number of rotatable bonds is 8. The minimum absolute atomic E-state index is 0.0542. The first-order valence-corrected chi connectivity index (χ1v) is 10.4. The molecule has 0 N–H and O–H groups in total. The maximum Gasteiger partial charge on any atom is 0.387 e. The van der Waals surface area contributed by atoms with Gasteiger partial charge in [0.2, 0.25) is 0 Å². The molecule has 0 saturated heterocycles. The number of halogens is 2. The lowest BCUT2D eigenvalue weighted by Gasteiger charge is -2.55. The number of hydrogen-bond acceptors (Lipinski definition) is 5. The maximum absolute atomic E-state index is 12.9. The Kier molecular flexibility index (Phi) is 5.80. The normalized spacial score (nSPS) is 29.4. The van der Waals surface area contributed by atoms with Crippen molar-refractivity contribution in [3.63, 3.8) is 0 Å². The molecule has 4 aliphatic rings. The van der Waals surface area contributed by atoms with E-state index in [1.54, 1.807) is 0 Å². The fourth-order valence-electron chi connectivity index (χ4n) is 5.94. The van der Waals surface area contributed by atoms with E-state index in [1.165, 1.54) is 56.7 Å². The summed E-state index contributed by atoms with van der Waals surface area (Å²) in [5.41, 5.74) is 0.268. The Bertz CT molecular complexity index is 813. The van der Waals surface area contributed by atoms with Gasteiger partial charge in [-0.05, 0) is 80.1 Å². The van der Waals surface area contributed by atoms with Crippen LogP contribution in [-0.4, -0.2) is 32.1 Å². The SMILES string of the molecule is COc1cc(C=CC(=O)OCC(=O)C23CC4CC(CC(C4)C2)C3)ccc1OC(F)F. The van der Waals surface area contributed by atoms with Crippen molar-refractivity contribution in [2.45, 2.75) is 45.1 Å². The molecule has 0 radical (unpaired) electrons. The largest absolute Gasteiger partial charge is 0.493 e. The minimum atomic E-state index is -2.96. The minimum Gasteiger partial charge on any atom is -0.493 e. The van der Waals surface area contributed by atoms with Crippen molar-refractivity contribution >= 4 is 17.8 Å². The van der Waals surface area contributed by atoms with Crippen LogP contribution < -0.4 is 9.47 Å². The third-order valence-electron chi connectivity index (χ3n) is 6.79. The molecule has 7 heteroatoms. The summed E-state index contributed by atoms with van der Waals surface area (Å²) in [7, 11) is 1.34. The van der Waals surface area contributed by atoms with Crippen LogP contribution in [0, 0.1) is 23.2 Å². The van der Waals surface area contributed by atoms with Crippen molar-refractivity contribution in [1.29, 1.82) is 0 Å². The van der Waals surface area contributed by atoms with Crippen LogP contribution in [0.1, 0.15) is 44.1 Å². The number of esters is 1. The van der Waals surface area contributed by atoms with E-state index in [4.69, 9.17) is 9.47 Å². The van der Waals surface area contributed by atoms with Crippen molar-refractivity contribution in [2.75, 3.05) is 13.7 Å². The first kappa shape index (κ1) is 20.8. The van der Waals surface area contributed by atoms with Gasteiger partial charge in [0.1, 0.15) is 0 Å². The predicted molar refractivity (Wildman–Crippen MR) is 105 cm³/mol. The van der Waals surface area contributed by atoms with Gasteiger partial charge in [0.05, 0.1) is 7.11 Å². The van der Waals surface area contributed by atoms with Gasteiger partial charge >= 0.3 is 12.6 Å². The molecule has 1 aromatic rings. The Morgan fingerprint density at radius 1 is 1.10 bits per heavy atom. The van der Waals surface area contributed by atoms with Crippen LogP contribution in [0.3, 0.4) is 0 Å². The Hall–Kier alpha value is -2.44. The number of ketones is 1. The first-order chi connectivity index (χ1) is 14.4. The fraction of sp³-hybridized carbons (Fsp3) is 0.565. The van der Waals surface area contributed by atoms with Crippen LogP contribution in [0.2, 0.25) is 0 Å². The summed E-state index contributed by atoms with van der Waals surface area (Å²) >= 11 is 0. The average Bonchev–Trinajstić information content (AvgIpc) is 2.69. The number of methoxy groups -OCH3 is 1. The standard InChI is InChI=1S/C23H26F2O5/c1-28-19-9-14(2-4-18(19)30-22(24)25)3-5-21(27)29-13-20(26)23-10-15-6-16(11-23)8-17(7-15)12-23/h2-5,9,15-17,22H,6-8,10-13H2,1H3. The Morgan fingerprint density at radius 3 is 2.30 bits per heavy atom. The summed E-state index contributed by atoms with van der Waals surface area (Å²) < 4.78 is 39.4. The summed E-state index contributed by atoms with van der Waals surface area (Å²) in [6, 6.07) is 4.33. The Balaban J connectivity index is 1.33. The molecule has 0 atom stereocenters. The van der Waals surface area contributed by atoms with Gasteiger partial charge < -0.3 is 14.2 Å². The number of ether oxygens (including phenoxy) is 3. The zero-order valence-electron chi connectivity index (χ0n) is 16.9. The van der Waals surface area contributed by atoms with E-state index in [0.717, 1.165) is 19.3 Å². The molecule has 1 aromatic carbocycles. The van der Waals surface area contributed by atoms with E-state index in [1.807, 2.05) is 0 Å². The molecule has 5 rings (SSSR count). The van der Waals surface area contributed by atoms with Gasteiger partial charge in [0.25, 0.3) is 0 Å². The van der Waals surface area contributed by atoms with Gasteiger partial charge in [-0.25, -0.2) is 4.79 Å². The van der Waals surface area contributed by atoms with Gasteiger partial charge in [-0.3, -0.25) is 4.79 Å². The van der Waals surface area contributed by atoms with E-state index in [0.29, 0.717) is 23.3 Å². The molecule has 0 spiro atoms. The highest BCUT2D eigenvalue weighted by Crippen LogP contribution is 2.60. The smallest absolute Gasteiger partial charge is 0.387 e. The number of carbonyl (C=O) groups excluding carboxylic acids is 2. The van der Waals surface area contributed by atoms with Gasteiger partial charge in [0, 0.05) is 11.5 Å². The van der Waals surface area contributed by atoms with Crippen molar-refractivity contribution in [3.8, 4) is 11.5 Å². The molecule has 5 nitrogen and oxygen atoms in total. The topological polar surface area (TPSA) is 61.8 Å². The molecule has 4 saturated carbocycles. The fourth-order valence-corrected chi connectivity index (χ4v) is 5.94. The molecule has 0 heterocycles.